The third-order valence-electron chi connectivity index (χ3n) is 4.52. The van der Waals surface area contributed by atoms with E-state index in [4.69, 9.17) is 8.94 Å². The Labute approximate surface area is 152 Å². The molecular formula is C20H23N3O3. The first-order valence-corrected chi connectivity index (χ1v) is 8.70. The van der Waals surface area contributed by atoms with E-state index in [2.05, 4.69) is 30.9 Å². The fraction of sp³-hybridized carbons (Fsp3) is 0.350. The van der Waals surface area contributed by atoms with Gasteiger partial charge in [-0.25, -0.2) is 0 Å². The topological polar surface area (TPSA) is 72.4 Å². The lowest BCUT2D eigenvalue weighted by Crippen LogP contribution is -2.40. The van der Waals surface area contributed by atoms with Crippen molar-refractivity contribution in [1.82, 2.24) is 15.0 Å². The van der Waals surface area contributed by atoms with Crippen LogP contribution in [0.15, 0.2) is 51.6 Å². The van der Waals surface area contributed by atoms with Crippen molar-refractivity contribution in [2.24, 2.45) is 5.92 Å². The quantitative estimate of drug-likeness (QED) is 0.660. The molecule has 1 amide bonds. The van der Waals surface area contributed by atoms with E-state index in [1.54, 1.807) is 25.3 Å². The van der Waals surface area contributed by atoms with Crippen LogP contribution in [-0.2, 0) is 6.54 Å². The van der Waals surface area contributed by atoms with Crippen LogP contribution in [0.1, 0.15) is 42.8 Å². The lowest BCUT2D eigenvalue weighted by Gasteiger charge is -2.31. The van der Waals surface area contributed by atoms with Gasteiger partial charge in [0.15, 0.2) is 0 Å². The molecule has 0 N–H and O–H groups in total. The van der Waals surface area contributed by atoms with Gasteiger partial charge in [0.25, 0.3) is 5.91 Å². The molecular weight excluding hydrogens is 330 g/mol. The molecule has 136 valence electrons. The number of hydrogen-bond donors (Lipinski definition) is 0. The number of nitrogens with zero attached hydrogens (tertiary/aromatic N) is 3. The molecule has 0 spiro atoms. The predicted octanol–water partition coefficient (Wildman–Crippen LogP) is 4.32. The molecule has 0 bridgehead atoms. The molecule has 26 heavy (non-hydrogen) atoms. The lowest BCUT2D eigenvalue weighted by atomic mass is 10.0. The SMILES string of the molecule is Cc1nc(-c2cccc(C(=O)N(Cc3ccco3)C(C)C(C)C)c2)no1. The van der Waals surface area contributed by atoms with Crippen molar-refractivity contribution in [3.8, 4) is 11.4 Å². The molecule has 6 heteroatoms. The highest BCUT2D eigenvalue weighted by Crippen LogP contribution is 2.22. The van der Waals surface area contributed by atoms with Crippen LogP contribution >= 0.6 is 0 Å². The van der Waals surface area contributed by atoms with Crippen LogP contribution in [0.5, 0.6) is 0 Å². The minimum absolute atomic E-state index is 0.0512. The van der Waals surface area contributed by atoms with Crippen molar-refractivity contribution >= 4 is 5.91 Å². The number of benzene rings is 1. The summed E-state index contributed by atoms with van der Waals surface area (Å²) in [5.41, 5.74) is 1.34. The summed E-state index contributed by atoms with van der Waals surface area (Å²) in [6, 6.07) is 11.1. The van der Waals surface area contributed by atoms with Crippen molar-refractivity contribution in [1.29, 1.82) is 0 Å². The first-order chi connectivity index (χ1) is 12.5. The van der Waals surface area contributed by atoms with Crippen molar-refractivity contribution < 1.29 is 13.7 Å². The molecule has 1 atom stereocenters. The zero-order valence-electron chi connectivity index (χ0n) is 15.5. The van der Waals surface area contributed by atoms with Gasteiger partial charge in [-0.2, -0.15) is 4.98 Å². The number of aryl methyl sites for hydroxylation is 1. The second-order valence-electron chi connectivity index (χ2n) is 6.71. The van der Waals surface area contributed by atoms with Gasteiger partial charge in [0, 0.05) is 24.1 Å². The van der Waals surface area contributed by atoms with Crippen molar-refractivity contribution in [2.45, 2.75) is 40.3 Å². The van der Waals surface area contributed by atoms with Gasteiger partial charge in [0.05, 0.1) is 12.8 Å². The number of amides is 1. The molecule has 0 aliphatic carbocycles. The van der Waals surface area contributed by atoms with Crippen molar-refractivity contribution in [2.75, 3.05) is 0 Å². The monoisotopic (exact) mass is 353 g/mol. The van der Waals surface area contributed by atoms with Crippen LogP contribution in [-0.4, -0.2) is 27.0 Å². The predicted molar refractivity (Wildman–Crippen MR) is 97.4 cm³/mol. The van der Waals surface area contributed by atoms with E-state index in [-0.39, 0.29) is 11.9 Å². The summed E-state index contributed by atoms with van der Waals surface area (Å²) in [6.45, 7) is 8.42. The van der Waals surface area contributed by atoms with Gasteiger partial charge in [-0.05, 0) is 37.1 Å². The Morgan fingerprint density at radius 3 is 2.62 bits per heavy atom. The number of rotatable bonds is 6. The maximum atomic E-state index is 13.2. The number of hydrogen-bond acceptors (Lipinski definition) is 5. The van der Waals surface area contributed by atoms with Gasteiger partial charge < -0.3 is 13.8 Å². The fourth-order valence-electron chi connectivity index (χ4n) is 2.70. The molecule has 3 aromatic rings. The highest BCUT2D eigenvalue weighted by atomic mass is 16.5. The van der Waals surface area contributed by atoms with E-state index in [1.807, 2.05) is 29.2 Å². The molecule has 3 rings (SSSR count). The highest BCUT2D eigenvalue weighted by molar-refractivity contribution is 5.95. The zero-order chi connectivity index (χ0) is 18.7. The third kappa shape index (κ3) is 3.85. The van der Waals surface area contributed by atoms with Crippen molar-refractivity contribution in [3.63, 3.8) is 0 Å². The van der Waals surface area contributed by atoms with Crippen LogP contribution in [0.25, 0.3) is 11.4 Å². The van der Waals surface area contributed by atoms with Crippen LogP contribution in [0.3, 0.4) is 0 Å². The molecule has 0 radical (unpaired) electrons. The standard InChI is InChI=1S/C20H23N3O3/c1-13(2)14(3)23(12-18-9-6-10-25-18)20(24)17-8-5-7-16(11-17)19-21-15(4)26-22-19/h5-11,13-14H,12H2,1-4H3. The Hall–Kier alpha value is -2.89. The van der Waals surface area contributed by atoms with Crippen LogP contribution in [0, 0.1) is 12.8 Å². The smallest absolute Gasteiger partial charge is 0.254 e. The molecule has 1 unspecified atom stereocenters. The summed E-state index contributed by atoms with van der Waals surface area (Å²) < 4.78 is 10.5. The van der Waals surface area contributed by atoms with Crippen LogP contribution in [0.4, 0.5) is 0 Å². The first-order valence-electron chi connectivity index (χ1n) is 8.70. The van der Waals surface area contributed by atoms with Gasteiger partial charge in [0.1, 0.15) is 5.76 Å². The Morgan fingerprint density at radius 1 is 1.19 bits per heavy atom. The molecule has 6 nitrogen and oxygen atoms in total. The average Bonchev–Trinajstić information content (AvgIpc) is 3.30. The van der Waals surface area contributed by atoms with E-state index in [9.17, 15) is 4.79 Å². The number of carbonyl (C=O) groups is 1. The lowest BCUT2D eigenvalue weighted by molar-refractivity contribution is 0.0611. The average molecular weight is 353 g/mol. The number of furan rings is 1. The Morgan fingerprint density at radius 2 is 2.00 bits per heavy atom. The molecule has 2 heterocycles. The largest absolute Gasteiger partial charge is 0.467 e. The Bertz CT molecular complexity index is 868. The second kappa shape index (κ2) is 7.56. The summed E-state index contributed by atoms with van der Waals surface area (Å²) in [5.74, 6) is 1.99. The maximum Gasteiger partial charge on any atom is 0.254 e. The maximum absolute atomic E-state index is 13.2. The summed E-state index contributed by atoms with van der Waals surface area (Å²) in [7, 11) is 0. The minimum atomic E-state index is -0.0512. The molecule has 2 aromatic heterocycles. The third-order valence-corrected chi connectivity index (χ3v) is 4.52. The molecule has 1 aromatic carbocycles. The summed E-state index contributed by atoms with van der Waals surface area (Å²) >= 11 is 0. The van der Waals surface area contributed by atoms with E-state index in [0.717, 1.165) is 11.3 Å². The first kappa shape index (κ1) is 17.9. The molecule has 0 saturated heterocycles. The van der Waals surface area contributed by atoms with Crippen molar-refractivity contribution in [3.05, 3.63) is 59.9 Å². The Kier molecular flexibility index (Phi) is 5.21. The van der Waals surface area contributed by atoms with Gasteiger partial charge in [-0.1, -0.05) is 31.1 Å². The van der Waals surface area contributed by atoms with E-state index in [0.29, 0.717) is 29.7 Å². The van der Waals surface area contributed by atoms with Gasteiger partial charge in [0.2, 0.25) is 11.7 Å². The summed E-state index contributed by atoms with van der Waals surface area (Å²) in [6.07, 6.45) is 1.62. The number of carbonyl (C=O) groups excluding carboxylic acids is 1. The van der Waals surface area contributed by atoms with E-state index < -0.39 is 0 Å². The fourth-order valence-corrected chi connectivity index (χ4v) is 2.70. The minimum Gasteiger partial charge on any atom is -0.467 e. The Balaban J connectivity index is 1.91. The summed E-state index contributed by atoms with van der Waals surface area (Å²) in [5, 5.41) is 3.93. The highest BCUT2D eigenvalue weighted by Gasteiger charge is 2.25. The van der Waals surface area contributed by atoms with E-state index in [1.165, 1.54) is 0 Å². The van der Waals surface area contributed by atoms with Gasteiger partial charge >= 0.3 is 0 Å². The normalized spacial score (nSPS) is 12.3. The van der Waals surface area contributed by atoms with Gasteiger partial charge in [-0.15, -0.1) is 0 Å². The van der Waals surface area contributed by atoms with Crippen LogP contribution < -0.4 is 0 Å². The zero-order valence-corrected chi connectivity index (χ0v) is 15.5. The van der Waals surface area contributed by atoms with Crippen LogP contribution in [0.2, 0.25) is 0 Å². The second-order valence-corrected chi connectivity index (χ2v) is 6.71. The molecule has 0 saturated carbocycles. The van der Waals surface area contributed by atoms with E-state index >= 15 is 0 Å². The molecule has 0 fully saturated rings. The summed E-state index contributed by atoms with van der Waals surface area (Å²) in [4.78, 5) is 19.3. The molecule has 0 aliphatic heterocycles. The number of aromatic nitrogens is 2. The molecule has 0 aliphatic rings. The van der Waals surface area contributed by atoms with Gasteiger partial charge in [-0.3, -0.25) is 4.79 Å².